The van der Waals surface area contributed by atoms with E-state index in [0.29, 0.717) is 5.92 Å². The minimum absolute atomic E-state index is 0.143. The van der Waals surface area contributed by atoms with Crippen LogP contribution in [-0.2, 0) is 4.79 Å². The zero-order chi connectivity index (χ0) is 14.2. The van der Waals surface area contributed by atoms with Crippen molar-refractivity contribution in [2.75, 3.05) is 20.6 Å². The van der Waals surface area contributed by atoms with Crippen LogP contribution in [0.5, 0.6) is 0 Å². The number of hydrogen-bond acceptors (Lipinski definition) is 3. The Labute approximate surface area is 122 Å². The SMILES string of the molecule is CN(C)C[C@H]1CCCC2=C1NC1(CCCCC1)NC2=O. The highest BCUT2D eigenvalue weighted by Gasteiger charge is 2.42. The van der Waals surface area contributed by atoms with Gasteiger partial charge in [-0.1, -0.05) is 6.42 Å². The van der Waals surface area contributed by atoms with Crippen LogP contribution in [0.1, 0.15) is 51.4 Å². The second-order valence-corrected chi connectivity index (χ2v) is 6.97. The molecule has 0 saturated heterocycles. The number of carbonyl (C=O) groups excluding carboxylic acids is 1. The summed E-state index contributed by atoms with van der Waals surface area (Å²) in [6.07, 6.45) is 9.16. The average Bonchev–Trinajstić information content (AvgIpc) is 2.40. The number of amides is 1. The van der Waals surface area contributed by atoms with Gasteiger partial charge in [0.1, 0.15) is 5.66 Å². The number of carbonyl (C=O) groups is 1. The molecule has 20 heavy (non-hydrogen) atoms. The van der Waals surface area contributed by atoms with Crippen molar-refractivity contribution >= 4 is 5.91 Å². The maximum absolute atomic E-state index is 12.5. The molecule has 3 rings (SSSR count). The van der Waals surface area contributed by atoms with E-state index < -0.39 is 0 Å². The number of rotatable bonds is 2. The topological polar surface area (TPSA) is 44.4 Å². The third-order valence-corrected chi connectivity index (χ3v) is 5.01. The van der Waals surface area contributed by atoms with Crippen molar-refractivity contribution in [2.24, 2.45) is 5.92 Å². The van der Waals surface area contributed by atoms with E-state index in [1.54, 1.807) is 0 Å². The standard InChI is InChI=1S/C16H27N3O/c1-19(2)11-12-7-6-8-13-14(12)17-16(18-15(13)20)9-4-3-5-10-16/h12,17H,3-11H2,1-2H3,(H,18,20)/t12-/m1/s1. The van der Waals surface area contributed by atoms with Crippen molar-refractivity contribution < 1.29 is 4.79 Å². The van der Waals surface area contributed by atoms with Gasteiger partial charge in [-0.25, -0.2) is 0 Å². The van der Waals surface area contributed by atoms with Crippen molar-refractivity contribution in [1.82, 2.24) is 15.5 Å². The summed E-state index contributed by atoms with van der Waals surface area (Å²) >= 11 is 0. The van der Waals surface area contributed by atoms with Crippen LogP contribution in [0.2, 0.25) is 0 Å². The summed E-state index contributed by atoms with van der Waals surface area (Å²) in [6.45, 7) is 1.04. The summed E-state index contributed by atoms with van der Waals surface area (Å²) in [6, 6.07) is 0. The average molecular weight is 277 g/mol. The fourth-order valence-electron chi connectivity index (χ4n) is 4.07. The first kappa shape index (κ1) is 13.9. The van der Waals surface area contributed by atoms with E-state index in [0.717, 1.165) is 37.8 Å². The van der Waals surface area contributed by atoms with Crippen molar-refractivity contribution in [1.29, 1.82) is 0 Å². The summed E-state index contributed by atoms with van der Waals surface area (Å²) in [4.78, 5) is 14.7. The summed E-state index contributed by atoms with van der Waals surface area (Å²) in [7, 11) is 4.24. The molecule has 0 aromatic heterocycles. The first-order chi connectivity index (χ1) is 9.60. The Bertz CT molecular complexity index is 421. The Balaban J connectivity index is 1.86. The van der Waals surface area contributed by atoms with Crippen molar-refractivity contribution in [2.45, 2.75) is 57.0 Å². The second kappa shape index (κ2) is 5.40. The molecule has 1 aliphatic heterocycles. The monoisotopic (exact) mass is 277 g/mol. The molecule has 0 bridgehead atoms. The summed E-state index contributed by atoms with van der Waals surface area (Å²) in [5.74, 6) is 0.697. The van der Waals surface area contributed by atoms with Crippen LogP contribution in [0.25, 0.3) is 0 Å². The zero-order valence-electron chi connectivity index (χ0n) is 12.8. The van der Waals surface area contributed by atoms with Gasteiger partial charge >= 0.3 is 0 Å². The molecule has 1 atom stereocenters. The molecule has 1 spiro atoms. The summed E-state index contributed by atoms with van der Waals surface area (Å²) in [5.41, 5.74) is 2.14. The Morgan fingerprint density at radius 2 is 1.90 bits per heavy atom. The molecule has 1 saturated carbocycles. The predicted molar refractivity (Wildman–Crippen MR) is 80.0 cm³/mol. The molecule has 0 unspecified atom stereocenters. The lowest BCUT2D eigenvalue weighted by molar-refractivity contribution is -0.121. The maximum atomic E-state index is 12.5. The van der Waals surface area contributed by atoms with Gasteiger partial charge in [-0.3, -0.25) is 4.79 Å². The molecular formula is C16H27N3O. The smallest absolute Gasteiger partial charge is 0.250 e. The summed E-state index contributed by atoms with van der Waals surface area (Å²) in [5, 5.41) is 7.06. The minimum Gasteiger partial charge on any atom is -0.365 e. The van der Waals surface area contributed by atoms with E-state index in [2.05, 4.69) is 29.6 Å². The van der Waals surface area contributed by atoms with Gasteiger partial charge in [0.15, 0.2) is 0 Å². The van der Waals surface area contributed by atoms with Gasteiger partial charge in [-0.2, -0.15) is 0 Å². The van der Waals surface area contributed by atoms with Crippen LogP contribution in [0.4, 0.5) is 0 Å². The van der Waals surface area contributed by atoms with Gasteiger partial charge in [0.2, 0.25) is 0 Å². The molecule has 4 heteroatoms. The van der Waals surface area contributed by atoms with E-state index in [9.17, 15) is 4.79 Å². The van der Waals surface area contributed by atoms with Crippen molar-refractivity contribution in [3.05, 3.63) is 11.3 Å². The molecule has 4 nitrogen and oxygen atoms in total. The lowest BCUT2D eigenvalue weighted by Crippen LogP contribution is -2.64. The third-order valence-electron chi connectivity index (χ3n) is 5.01. The van der Waals surface area contributed by atoms with Crippen LogP contribution in [0.15, 0.2) is 11.3 Å². The van der Waals surface area contributed by atoms with Crippen molar-refractivity contribution in [3.8, 4) is 0 Å². The fraction of sp³-hybridized carbons (Fsp3) is 0.812. The Kier molecular flexibility index (Phi) is 3.76. The van der Waals surface area contributed by atoms with Crippen LogP contribution in [-0.4, -0.2) is 37.1 Å². The van der Waals surface area contributed by atoms with Gasteiger partial charge in [0.25, 0.3) is 5.91 Å². The summed E-state index contributed by atoms with van der Waals surface area (Å²) < 4.78 is 0. The lowest BCUT2D eigenvalue weighted by Gasteiger charge is -2.47. The third kappa shape index (κ3) is 2.58. The number of hydrogen-bond donors (Lipinski definition) is 2. The zero-order valence-corrected chi connectivity index (χ0v) is 12.8. The highest BCUT2D eigenvalue weighted by Crippen LogP contribution is 2.37. The van der Waals surface area contributed by atoms with Gasteiger partial charge in [-0.05, 0) is 59.0 Å². The van der Waals surface area contributed by atoms with E-state index in [1.165, 1.54) is 31.4 Å². The molecule has 1 amide bonds. The van der Waals surface area contributed by atoms with Gasteiger partial charge < -0.3 is 15.5 Å². The largest absolute Gasteiger partial charge is 0.365 e. The van der Waals surface area contributed by atoms with Gasteiger partial charge in [0.05, 0.1) is 0 Å². The molecule has 0 aromatic rings. The molecular weight excluding hydrogens is 250 g/mol. The number of nitrogens with zero attached hydrogens (tertiary/aromatic N) is 1. The Morgan fingerprint density at radius 1 is 1.15 bits per heavy atom. The van der Waals surface area contributed by atoms with Gasteiger partial charge in [-0.15, -0.1) is 0 Å². The van der Waals surface area contributed by atoms with Crippen LogP contribution < -0.4 is 10.6 Å². The first-order valence-electron chi connectivity index (χ1n) is 8.08. The molecule has 1 fully saturated rings. The molecule has 1 heterocycles. The minimum atomic E-state index is -0.143. The van der Waals surface area contributed by atoms with Crippen LogP contribution >= 0.6 is 0 Å². The highest BCUT2D eigenvalue weighted by molar-refractivity contribution is 5.95. The first-order valence-corrected chi connectivity index (χ1v) is 8.08. The molecule has 0 radical (unpaired) electrons. The predicted octanol–water partition coefficient (Wildman–Crippen LogP) is 1.98. The maximum Gasteiger partial charge on any atom is 0.250 e. The quantitative estimate of drug-likeness (QED) is 0.811. The van der Waals surface area contributed by atoms with E-state index in [1.807, 2.05) is 0 Å². The van der Waals surface area contributed by atoms with E-state index in [4.69, 9.17) is 0 Å². The molecule has 2 aliphatic carbocycles. The van der Waals surface area contributed by atoms with Crippen molar-refractivity contribution in [3.63, 3.8) is 0 Å². The Morgan fingerprint density at radius 3 is 2.60 bits per heavy atom. The van der Waals surface area contributed by atoms with Crippen LogP contribution in [0, 0.1) is 5.92 Å². The van der Waals surface area contributed by atoms with Gasteiger partial charge in [0, 0.05) is 23.7 Å². The van der Waals surface area contributed by atoms with Crippen LogP contribution in [0.3, 0.4) is 0 Å². The number of nitrogens with one attached hydrogen (secondary N) is 2. The molecule has 0 aromatic carbocycles. The Hall–Kier alpha value is -1.03. The molecule has 3 aliphatic rings. The molecule has 2 N–H and O–H groups in total. The molecule has 112 valence electrons. The normalized spacial score (nSPS) is 29.1. The van der Waals surface area contributed by atoms with E-state index in [-0.39, 0.29) is 11.6 Å². The highest BCUT2D eigenvalue weighted by atomic mass is 16.2. The van der Waals surface area contributed by atoms with E-state index >= 15 is 0 Å². The fourth-order valence-corrected chi connectivity index (χ4v) is 4.07. The second-order valence-electron chi connectivity index (χ2n) is 6.97. The lowest BCUT2D eigenvalue weighted by atomic mass is 9.80.